The lowest BCUT2D eigenvalue weighted by Gasteiger charge is -2.24. The van der Waals surface area contributed by atoms with Gasteiger partial charge in [0, 0.05) is 26.0 Å². The van der Waals surface area contributed by atoms with Crippen molar-refractivity contribution in [1.29, 1.82) is 0 Å². The fourth-order valence-corrected chi connectivity index (χ4v) is 3.27. The molecule has 14 nitrogen and oxygen atoms in total. The van der Waals surface area contributed by atoms with E-state index in [0.717, 1.165) is 25.2 Å². The van der Waals surface area contributed by atoms with Gasteiger partial charge in [0.15, 0.2) is 11.5 Å². The number of pyridine rings is 1. The molecule has 47 heavy (non-hydrogen) atoms. The van der Waals surface area contributed by atoms with Gasteiger partial charge in [-0.15, -0.1) is 5.10 Å². The van der Waals surface area contributed by atoms with Crippen molar-refractivity contribution in [1.82, 2.24) is 19.6 Å². The number of ether oxygens (including phenoxy) is 1. The molecule has 0 radical (unpaired) electrons. The van der Waals surface area contributed by atoms with Crippen LogP contribution in [0, 0.1) is 0 Å². The monoisotopic (exact) mass is 696 g/mol. The van der Waals surface area contributed by atoms with Gasteiger partial charge >= 0.3 is 24.5 Å². The van der Waals surface area contributed by atoms with Crippen LogP contribution in [0.1, 0.15) is 23.2 Å². The molecule has 1 aliphatic heterocycles. The molecule has 0 unspecified atom stereocenters. The molecule has 1 aliphatic rings. The van der Waals surface area contributed by atoms with E-state index < -0.39 is 24.5 Å². The summed E-state index contributed by atoms with van der Waals surface area (Å²) in [6.45, 7) is 1.15. The Morgan fingerprint density at radius 2 is 1.57 bits per heavy atom. The maximum absolute atomic E-state index is 12.2. The molecule has 3 aromatic heterocycles. The van der Waals surface area contributed by atoms with Gasteiger partial charge in [-0.2, -0.15) is 39.5 Å². The van der Waals surface area contributed by atoms with Crippen LogP contribution in [0.3, 0.4) is 0 Å². The number of fused-ring (bicyclic) bond motifs is 1. The fourth-order valence-electron chi connectivity index (χ4n) is 3.27. The predicted molar refractivity (Wildman–Crippen MR) is 141 cm³/mol. The van der Waals surface area contributed by atoms with Crippen LogP contribution in [-0.2, 0) is 19.1 Å². The zero-order valence-corrected chi connectivity index (χ0v) is 23.6. The van der Waals surface area contributed by atoms with Crippen LogP contribution < -0.4 is 10.2 Å². The van der Waals surface area contributed by atoms with Crippen molar-refractivity contribution in [2.45, 2.75) is 37.4 Å². The molecule has 4 N–H and O–H groups in total. The molecule has 23 heteroatoms. The number of carbonyl (C=O) groups excluding carboxylic acids is 1. The summed E-state index contributed by atoms with van der Waals surface area (Å²) in [6, 6.07) is 7.64. The van der Waals surface area contributed by atoms with Crippen LogP contribution in [0.15, 0.2) is 42.9 Å². The third-order valence-electron chi connectivity index (χ3n) is 5.07. The van der Waals surface area contributed by atoms with Gasteiger partial charge in [0.1, 0.15) is 5.82 Å². The number of anilines is 2. The lowest BCUT2D eigenvalue weighted by atomic mass is 10.2. The molecule has 1 saturated heterocycles. The first-order chi connectivity index (χ1) is 21.8. The van der Waals surface area contributed by atoms with Crippen molar-refractivity contribution in [2.24, 2.45) is 0 Å². The van der Waals surface area contributed by atoms with Gasteiger partial charge in [-0.1, -0.05) is 0 Å². The Labute approximate surface area is 257 Å². The lowest BCUT2D eigenvalue weighted by molar-refractivity contribution is -0.339. The Hall–Kier alpha value is -5.22. The highest BCUT2D eigenvalue weighted by atomic mass is 19.5. The lowest BCUT2D eigenvalue weighted by Crippen LogP contribution is -2.33. The smallest absolute Gasteiger partial charge is 0.483 e. The second-order valence-electron chi connectivity index (χ2n) is 8.27. The van der Waals surface area contributed by atoms with Gasteiger partial charge in [0.2, 0.25) is 0 Å². The van der Waals surface area contributed by atoms with Crippen LogP contribution in [0.5, 0.6) is 0 Å². The third kappa shape index (κ3) is 15.1. The highest BCUT2D eigenvalue weighted by Crippen LogP contribution is 2.36. The Balaban J connectivity index is 0.000000829. The number of alkyl halides is 9. The number of rotatable bonds is 5. The van der Waals surface area contributed by atoms with E-state index in [9.17, 15) is 44.3 Å². The van der Waals surface area contributed by atoms with Crippen LogP contribution in [0.2, 0.25) is 0 Å². The highest BCUT2D eigenvalue weighted by molar-refractivity contribution is 6.03. The molecule has 4 heterocycles. The van der Waals surface area contributed by atoms with E-state index in [1.54, 1.807) is 36.2 Å². The Morgan fingerprint density at radius 1 is 1.02 bits per heavy atom. The van der Waals surface area contributed by atoms with Crippen molar-refractivity contribution in [3.8, 4) is 0 Å². The second kappa shape index (κ2) is 19.3. The van der Waals surface area contributed by atoms with Crippen molar-refractivity contribution >= 4 is 42.1 Å². The largest absolute Gasteiger partial charge is 0.490 e. The van der Waals surface area contributed by atoms with Gasteiger partial charge in [0.25, 0.3) is 18.9 Å². The van der Waals surface area contributed by atoms with Gasteiger partial charge in [-0.05, 0) is 37.1 Å². The van der Waals surface area contributed by atoms with Crippen molar-refractivity contribution < 1.29 is 78.7 Å². The number of carboxylic acid groups (broad SMARTS) is 3. The number of hydrogen-bond acceptors (Lipinski definition) is 9. The molecule has 1 amide bonds. The first kappa shape index (κ1) is 41.8. The molecule has 0 bridgehead atoms. The molecular formula is C24H25F9N6O8. The quantitative estimate of drug-likeness (QED) is 0.220. The normalized spacial score (nSPS) is 14.0. The average molecular weight is 696 g/mol. The number of carboxylic acids is 1. The number of methoxy groups -OCH3 is 1. The number of carbonyl (C=O) groups is 4. The number of nitrogens with one attached hydrogen (secondary N) is 1. The number of hydrogen-bond donors (Lipinski definition) is 4. The summed E-state index contributed by atoms with van der Waals surface area (Å²) in [5.41, 5.74) is 1.16. The van der Waals surface area contributed by atoms with E-state index >= 15 is 0 Å². The predicted octanol–water partition coefficient (Wildman–Crippen LogP) is 4.14. The maximum atomic E-state index is 12.2. The summed E-state index contributed by atoms with van der Waals surface area (Å²) in [4.78, 5) is 48.5. The molecule has 0 saturated carbocycles. The zero-order chi connectivity index (χ0) is 36.4. The van der Waals surface area contributed by atoms with Gasteiger partial charge in [-0.3, -0.25) is 19.4 Å². The molecule has 262 valence electrons. The maximum Gasteiger partial charge on any atom is 0.490 e. The first-order valence-electron chi connectivity index (χ1n) is 12.2. The van der Waals surface area contributed by atoms with Crippen LogP contribution in [0.4, 0.5) is 51.1 Å². The fraction of sp³-hybridized carbons (Fsp3) is 0.375. The highest BCUT2D eigenvalue weighted by Gasteiger charge is 2.58. The minimum Gasteiger partial charge on any atom is -0.483 e. The van der Waals surface area contributed by atoms with Crippen molar-refractivity contribution in [2.75, 3.05) is 30.5 Å². The third-order valence-corrected chi connectivity index (χ3v) is 5.07. The standard InChI is InChI=1S/C18H20N6O2.C2F6.C2HF3O2.2CH2O2/c1-26-12-14-5-3-9-23(14)17-7-6-16-20-15(11-24(16)22-17)21-18(25)13-4-2-8-19-10-13;3-1(4,5)2(6,7)8;3-2(4,5)1(6)7;2*2-1-3/h2,4,6-8,10-11,14H,3,5,9,12H2,1H3,(H,21,25);;(H,6,7);2*1H,(H,2,3)/t14-;;;;/m1..../s1. The van der Waals surface area contributed by atoms with E-state index in [-0.39, 0.29) is 18.9 Å². The van der Waals surface area contributed by atoms with Crippen LogP contribution >= 0.6 is 0 Å². The Morgan fingerprint density at radius 3 is 2.02 bits per heavy atom. The van der Waals surface area contributed by atoms with E-state index in [1.165, 1.54) is 6.20 Å². The molecular weight excluding hydrogens is 671 g/mol. The summed E-state index contributed by atoms with van der Waals surface area (Å²) < 4.78 is 101. The van der Waals surface area contributed by atoms with Crippen molar-refractivity contribution in [3.63, 3.8) is 0 Å². The molecule has 0 aromatic carbocycles. The topological polar surface area (TPSA) is 197 Å². The number of aromatic nitrogens is 4. The number of halogens is 9. The van der Waals surface area contributed by atoms with E-state index in [2.05, 4.69) is 25.3 Å². The molecule has 0 aliphatic carbocycles. The zero-order valence-electron chi connectivity index (χ0n) is 23.6. The van der Waals surface area contributed by atoms with E-state index in [0.29, 0.717) is 29.7 Å². The van der Waals surface area contributed by atoms with Crippen LogP contribution in [0.25, 0.3) is 5.65 Å². The number of nitrogens with zero attached hydrogens (tertiary/aromatic N) is 5. The molecule has 0 spiro atoms. The average Bonchev–Trinajstić information content (AvgIpc) is 3.59. The molecule has 1 atom stereocenters. The van der Waals surface area contributed by atoms with Gasteiger partial charge < -0.3 is 30.3 Å². The number of amides is 1. The molecule has 1 fully saturated rings. The minimum absolute atomic E-state index is 0.249. The van der Waals surface area contributed by atoms with E-state index in [1.807, 2.05) is 12.1 Å². The Bertz CT molecular complexity index is 1390. The van der Waals surface area contributed by atoms with Crippen molar-refractivity contribution in [3.05, 3.63) is 48.4 Å². The van der Waals surface area contributed by atoms with E-state index in [4.69, 9.17) is 34.4 Å². The summed E-state index contributed by atoms with van der Waals surface area (Å²) in [7, 11) is 1.72. The summed E-state index contributed by atoms with van der Waals surface area (Å²) >= 11 is 0. The number of imidazole rings is 1. The molecule has 3 aromatic rings. The summed E-state index contributed by atoms with van der Waals surface area (Å²) in [6.07, 6.45) is -10.1. The molecule has 4 rings (SSSR count). The summed E-state index contributed by atoms with van der Waals surface area (Å²) in [5.74, 6) is -1.66. The van der Waals surface area contributed by atoms with Gasteiger partial charge in [0.05, 0.1) is 24.4 Å². The van der Waals surface area contributed by atoms with Crippen LogP contribution in [-0.4, -0.2) is 105 Å². The summed E-state index contributed by atoms with van der Waals surface area (Å²) in [5, 5.41) is 28.3. The van der Waals surface area contributed by atoms with Gasteiger partial charge in [-0.25, -0.2) is 14.3 Å². The Kier molecular flexibility index (Phi) is 17.2. The SMILES string of the molecule is COC[C@H]1CCCN1c1ccc2nc(NC(=O)c3cccnc3)cn2n1.FC(F)(F)C(F)(F)F.O=C(O)C(F)(F)F.O=CO.O=CO. The minimum atomic E-state index is -6.06. The second-order valence-corrected chi connectivity index (χ2v) is 8.27. The number of aliphatic carboxylic acids is 1. The first-order valence-corrected chi connectivity index (χ1v) is 12.2.